The number of piperazine rings is 1. The molecule has 1 amide bonds. The molecule has 0 bridgehead atoms. The number of nitrogens with two attached hydrogens (primary N) is 1. The zero-order chi connectivity index (χ0) is 13.7. The van der Waals surface area contributed by atoms with Crippen LogP contribution in [0.1, 0.15) is 6.92 Å². The average molecular weight is 262 g/mol. The number of para-hydroxylation sites is 2. The van der Waals surface area contributed by atoms with Crippen LogP contribution in [0.2, 0.25) is 0 Å². The van der Waals surface area contributed by atoms with Crippen LogP contribution < -0.4 is 16.0 Å². The van der Waals surface area contributed by atoms with Gasteiger partial charge in [-0.2, -0.15) is 0 Å². The van der Waals surface area contributed by atoms with Gasteiger partial charge in [0.2, 0.25) is 5.91 Å². The van der Waals surface area contributed by atoms with Crippen molar-refractivity contribution >= 4 is 17.3 Å². The van der Waals surface area contributed by atoms with Gasteiger partial charge in [0, 0.05) is 32.7 Å². The number of nitrogen functional groups attached to an aromatic ring is 1. The third-order valence-corrected chi connectivity index (χ3v) is 3.39. The highest BCUT2D eigenvalue weighted by molar-refractivity contribution is 5.78. The Morgan fingerprint density at radius 3 is 2.58 bits per heavy atom. The van der Waals surface area contributed by atoms with Crippen molar-refractivity contribution in [1.29, 1.82) is 0 Å². The normalized spacial score (nSPS) is 16.4. The molecule has 2 rings (SSSR count). The summed E-state index contributed by atoms with van der Waals surface area (Å²) in [5.41, 5.74) is 7.90. The van der Waals surface area contributed by atoms with Crippen molar-refractivity contribution in [2.45, 2.75) is 6.92 Å². The van der Waals surface area contributed by atoms with Crippen molar-refractivity contribution in [2.24, 2.45) is 0 Å². The summed E-state index contributed by atoms with van der Waals surface area (Å²) in [6, 6.07) is 7.93. The van der Waals surface area contributed by atoms with Crippen molar-refractivity contribution in [3.8, 4) is 0 Å². The molecule has 1 aliphatic rings. The molecule has 0 unspecified atom stereocenters. The molecule has 1 heterocycles. The summed E-state index contributed by atoms with van der Waals surface area (Å²) >= 11 is 0. The molecule has 0 radical (unpaired) electrons. The van der Waals surface area contributed by atoms with Gasteiger partial charge in [-0.3, -0.25) is 9.69 Å². The predicted molar refractivity (Wildman–Crippen MR) is 78.2 cm³/mol. The van der Waals surface area contributed by atoms with E-state index in [1.165, 1.54) is 0 Å². The Morgan fingerprint density at radius 1 is 1.26 bits per heavy atom. The van der Waals surface area contributed by atoms with Crippen LogP contribution in [0.25, 0.3) is 0 Å². The number of amides is 1. The minimum Gasteiger partial charge on any atom is -0.397 e. The monoisotopic (exact) mass is 262 g/mol. The Labute approximate surface area is 114 Å². The van der Waals surface area contributed by atoms with Crippen molar-refractivity contribution in [1.82, 2.24) is 10.2 Å². The third-order valence-electron chi connectivity index (χ3n) is 3.39. The predicted octanol–water partition coefficient (Wildman–Crippen LogP) is 0.527. The molecule has 19 heavy (non-hydrogen) atoms. The molecule has 1 aromatic rings. The van der Waals surface area contributed by atoms with E-state index in [0.29, 0.717) is 13.1 Å². The second kappa shape index (κ2) is 6.43. The number of rotatable bonds is 4. The van der Waals surface area contributed by atoms with Gasteiger partial charge in [0.1, 0.15) is 0 Å². The maximum absolute atomic E-state index is 11.5. The fraction of sp³-hybridized carbons (Fsp3) is 0.500. The van der Waals surface area contributed by atoms with Gasteiger partial charge in [0.15, 0.2) is 0 Å². The van der Waals surface area contributed by atoms with Gasteiger partial charge in [0.25, 0.3) is 0 Å². The number of benzene rings is 1. The largest absolute Gasteiger partial charge is 0.397 e. The summed E-state index contributed by atoms with van der Waals surface area (Å²) in [6.07, 6.45) is 0. The summed E-state index contributed by atoms with van der Waals surface area (Å²) in [6.45, 7) is 6.73. The maximum Gasteiger partial charge on any atom is 0.234 e. The van der Waals surface area contributed by atoms with E-state index in [9.17, 15) is 4.79 Å². The molecule has 1 aliphatic heterocycles. The molecule has 0 spiro atoms. The Kier molecular flexibility index (Phi) is 4.63. The van der Waals surface area contributed by atoms with Crippen LogP contribution in [0.4, 0.5) is 11.4 Å². The summed E-state index contributed by atoms with van der Waals surface area (Å²) in [5.74, 6) is 0.107. The lowest BCUT2D eigenvalue weighted by Crippen LogP contribution is -2.49. The van der Waals surface area contributed by atoms with Gasteiger partial charge >= 0.3 is 0 Å². The second-order valence-corrected chi connectivity index (χ2v) is 4.78. The van der Waals surface area contributed by atoms with Crippen LogP contribution in [0, 0.1) is 0 Å². The first-order chi connectivity index (χ1) is 9.20. The van der Waals surface area contributed by atoms with Gasteiger partial charge in [-0.25, -0.2) is 0 Å². The van der Waals surface area contributed by atoms with Crippen LogP contribution in [0.3, 0.4) is 0 Å². The molecular weight excluding hydrogens is 240 g/mol. The molecule has 0 atom stereocenters. The van der Waals surface area contributed by atoms with Crippen LogP contribution in [-0.4, -0.2) is 50.1 Å². The summed E-state index contributed by atoms with van der Waals surface area (Å²) < 4.78 is 0. The number of carbonyl (C=O) groups is 1. The highest BCUT2D eigenvalue weighted by Gasteiger charge is 2.19. The van der Waals surface area contributed by atoms with Crippen LogP contribution in [0.5, 0.6) is 0 Å². The fourth-order valence-electron chi connectivity index (χ4n) is 2.38. The first-order valence-electron chi connectivity index (χ1n) is 6.79. The maximum atomic E-state index is 11.5. The van der Waals surface area contributed by atoms with Gasteiger partial charge in [-0.05, 0) is 19.1 Å². The number of likely N-dealkylation sites (N-methyl/N-ethyl adjacent to an activating group) is 1. The lowest BCUT2D eigenvalue weighted by atomic mass is 10.2. The van der Waals surface area contributed by atoms with E-state index in [0.717, 1.165) is 37.6 Å². The van der Waals surface area contributed by atoms with Crippen molar-refractivity contribution in [3.63, 3.8) is 0 Å². The van der Waals surface area contributed by atoms with E-state index >= 15 is 0 Å². The lowest BCUT2D eigenvalue weighted by Gasteiger charge is -2.36. The molecule has 5 heteroatoms. The Balaban J connectivity index is 1.86. The van der Waals surface area contributed by atoms with E-state index in [-0.39, 0.29) is 5.91 Å². The van der Waals surface area contributed by atoms with Crippen molar-refractivity contribution in [3.05, 3.63) is 24.3 Å². The third kappa shape index (κ3) is 3.61. The van der Waals surface area contributed by atoms with Crippen LogP contribution in [0.15, 0.2) is 24.3 Å². The molecule has 0 saturated carbocycles. The minimum atomic E-state index is 0.107. The van der Waals surface area contributed by atoms with E-state index in [4.69, 9.17) is 5.73 Å². The highest BCUT2D eigenvalue weighted by atomic mass is 16.2. The molecule has 0 aromatic heterocycles. The summed E-state index contributed by atoms with van der Waals surface area (Å²) in [4.78, 5) is 16.0. The number of hydrogen-bond donors (Lipinski definition) is 2. The first kappa shape index (κ1) is 13.7. The molecule has 5 nitrogen and oxygen atoms in total. The number of carbonyl (C=O) groups excluding carboxylic acids is 1. The standard InChI is InChI=1S/C14H22N4O/c1-2-16-14(19)11-17-7-9-18(10-8-17)13-6-4-3-5-12(13)15/h3-6H,2,7-11,15H2,1H3,(H,16,19). The molecule has 3 N–H and O–H groups in total. The topological polar surface area (TPSA) is 61.6 Å². The summed E-state index contributed by atoms with van der Waals surface area (Å²) in [5, 5.41) is 2.83. The number of hydrogen-bond acceptors (Lipinski definition) is 4. The van der Waals surface area contributed by atoms with Crippen molar-refractivity contribution in [2.75, 3.05) is 49.9 Å². The van der Waals surface area contributed by atoms with Gasteiger partial charge < -0.3 is 16.0 Å². The minimum absolute atomic E-state index is 0.107. The number of anilines is 2. The molecule has 1 aromatic carbocycles. The van der Waals surface area contributed by atoms with Crippen LogP contribution in [-0.2, 0) is 4.79 Å². The van der Waals surface area contributed by atoms with E-state index in [1.807, 2.05) is 25.1 Å². The molecule has 104 valence electrons. The molecule has 0 aliphatic carbocycles. The molecule has 1 saturated heterocycles. The average Bonchev–Trinajstić information content (AvgIpc) is 2.41. The quantitative estimate of drug-likeness (QED) is 0.777. The Morgan fingerprint density at radius 2 is 1.95 bits per heavy atom. The summed E-state index contributed by atoms with van der Waals surface area (Å²) in [7, 11) is 0. The van der Waals surface area contributed by atoms with Gasteiger partial charge in [0.05, 0.1) is 17.9 Å². The van der Waals surface area contributed by atoms with Crippen molar-refractivity contribution < 1.29 is 4.79 Å². The highest BCUT2D eigenvalue weighted by Crippen LogP contribution is 2.23. The Bertz CT molecular complexity index is 427. The fourth-order valence-corrected chi connectivity index (χ4v) is 2.38. The molecule has 1 fully saturated rings. The van der Waals surface area contributed by atoms with E-state index < -0.39 is 0 Å². The smallest absolute Gasteiger partial charge is 0.234 e. The Hall–Kier alpha value is -1.75. The first-order valence-corrected chi connectivity index (χ1v) is 6.79. The lowest BCUT2D eigenvalue weighted by molar-refractivity contribution is -0.122. The number of nitrogens with zero attached hydrogens (tertiary/aromatic N) is 2. The van der Waals surface area contributed by atoms with Gasteiger partial charge in [-0.1, -0.05) is 12.1 Å². The second-order valence-electron chi connectivity index (χ2n) is 4.78. The van der Waals surface area contributed by atoms with Gasteiger partial charge in [-0.15, -0.1) is 0 Å². The van der Waals surface area contributed by atoms with Crippen LogP contribution >= 0.6 is 0 Å². The SMILES string of the molecule is CCNC(=O)CN1CCN(c2ccccc2N)CC1. The zero-order valence-electron chi connectivity index (χ0n) is 11.4. The molecular formula is C14H22N4O. The van der Waals surface area contributed by atoms with E-state index in [2.05, 4.69) is 21.2 Å². The zero-order valence-corrected chi connectivity index (χ0v) is 11.4. The number of nitrogens with one attached hydrogen (secondary N) is 1. The van der Waals surface area contributed by atoms with E-state index in [1.54, 1.807) is 0 Å².